The molecule has 1 saturated heterocycles. The maximum atomic E-state index is 6.80. The molecule has 4 nitrogen and oxygen atoms in total. The molecule has 0 aromatic heterocycles. The molecule has 1 N–H and O–H groups in total. The fourth-order valence-electron chi connectivity index (χ4n) is 2.00. The minimum Gasteiger partial charge on any atom is -0.442 e. The Morgan fingerprint density at radius 3 is 2.93 bits per heavy atom. The van der Waals surface area contributed by atoms with Gasteiger partial charge in [-0.25, -0.2) is 0 Å². The van der Waals surface area contributed by atoms with Crippen molar-refractivity contribution in [2.45, 2.75) is 25.2 Å². The summed E-state index contributed by atoms with van der Waals surface area (Å²) in [7, 11) is 9.51. The number of hydrogen-bond acceptors (Lipinski definition) is 4. The molecule has 0 amide bonds. The molecule has 1 aliphatic rings. The molecule has 0 spiro atoms. The Morgan fingerprint density at radius 1 is 1.71 bits per heavy atom. The molecule has 14 heavy (non-hydrogen) atoms. The summed E-state index contributed by atoms with van der Waals surface area (Å²) in [4.78, 5) is 0. The van der Waals surface area contributed by atoms with Crippen LogP contribution in [0.15, 0.2) is 0 Å². The normalized spacial score (nSPS) is 40.9. The maximum Gasteiger partial charge on any atom is 0.283 e. The third-order valence-corrected chi connectivity index (χ3v) is 3.38. The van der Waals surface area contributed by atoms with Gasteiger partial charge in [0, 0.05) is 13.7 Å². The van der Waals surface area contributed by atoms with Gasteiger partial charge in [-0.3, -0.25) is 4.67 Å². The largest absolute Gasteiger partial charge is 0.442 e. The zero-order chi connectivity index (χ0) is 11.4. The molecule has 0 aromatic rings. The average Bonchev–Trinajstić information content (AvgIpc) is 2.21. The number of nitrogens with zero attached hydrogens (tertiary/aromatic N) is 1. The fraction of sp³-hybridized carbons (Fsp3) is 1.00. The maximum absolute atomic E-state index is 6.80. The van der Waals surface area contributed by atoms with Crippen molar-refractivity contribution < 1.29 is 14.5 Å². The summed E-state index contributed by atoms with van der Waals surface area (Å²) in [6, 6.07) is -0.0257. The van der Waals surface area contributed by atoms with Crippen LogP contribution in [-0.2, 0) is 9.39 Å². The lowest BCUT2D eigenvalue weighted by Gasteiger charge is -2.45. The van der Waals surface area contributed by atoms with E-state index >= 15 is 0 Å². The van der Waals surface area contributed by atoms with E-state index in [0.717, 1.165) is 6.54 Å². The number of rotatable bonds is 4. The van der Waals surface area contributed by atoms with Crippen molar-refractivity contribution in [1.29, 1.82) is 1.43 Å². The van der Waals surface area contributed by atoms with Crippen LogP contribution < -0.4 is 0 Å². The van der Waals surface area contributed by atoms with Gasteiger partial charge in [0.2, 0.25) is 1.43 Å². The number of methoxy groups -OCH3 is 1. The van der Waals surface area contributed by atoms with Gasteiger partial charge in [0.25, 0.3) is 8.05 Å². The predicted molar refractivity (Wildman–Crippen MR) is 57.9 cm³/mol. The van der Waals surface area contributed by atoms with Crippen LogP contribution in [0.5, 0.6) is 0 Å². The van der Waals surface area contributed by atoms with Crippen LogP contribution in [0.25, 0.3) is 0 Å². The highest BCUT2D eigenvalue weighted by Gasteiger charge is 2.40. The molecule has 1 unspecified atom stereocenters. The summed E-state index contributed by atoms with van der Waals surface area (Å²) in [5.74, 6) is 0.277. The van der Waals surface area contributed by atoms with E-state index in [1.165, 1.54) is 0 Å². The molecule has 1 rings (SSSR count). The molecule has 5 atom stereocenters. The van der Waals surface area contributed by atoms with Crippen molar-refractivity contribution in [3.05, 3.63) is 0 Å². The molecule has 1 aliphatic heterocycles. The summed E-state index contributed by atoms with van der Waals surface area (Å²) >= 11 is 0. The predicted octanol–water partition coefficient (Wildman–Crippen LogP) is -0.427. The summed E-state index contributed by atoms with van der Waals surface area (Å²) < 4.78 is 19.2. The van der Waals surface area contributed by atoms with Gasteiger partial charge >= 0.3 is 0 Å². The van der Waals surface area contributed by atoms with E-state index in [0.29, 0.717) is 0 Å². The van der Waals surface area contributed by atoms with Crippen molar-refractivity contribution in [3.8, 4) is 0 Å². The number of aliphatic hydroxyl groups excluding tert-OH is 1. The highest BCUT2D eigenvalue weighted by Crippen LogP contribution is 2.28. The second-order valence-corrected chi connectivity index (χ2v) is 4.37. The van der Waals surface area contributed by atoms with Crippen molar-refractivity contribution >= 4 is 17.4 Å². The lowest BCUT2D eigenvalue weighted by molar-refractivity contribution is -0.0943. The second-order valence-electron chi connectivity index (χ2n) is 3.71. The third kappa shape index (κ3) is 2.29. The number of hydrogen-bond donors (Lipinski definition) is 1. The van der Waals surface area contributed by atoms with Gasteiger partial charge in [-0.2, -0.15) is 0 Å². The van der Waals surface area contributed by atoms with E-state index in [2.05, 4.69) is 21.4 Å². The molecule has 0 aromatic carbocycles. The van der Waals surface area contributed by atoms with E-state index in [4.69, 9.17) is 18.9 Å². The summed E-state index contributed by atoms with van der Waals surface area (Å²) in [5.41, 5.74) is 0. The lowest BCUT2D eigenvalue weighted by atomic mass is 9.89. The minimum atomic E-state index is -0.179. The topological polar surface area (TPSA) is 41.9 Å². The Kier molecular flexibility index (Phi) is 4.20. The molecule has 2 radical (unpaired) electrons. The van der Waals surface area contributed by atoms with Gasteiger partial charge in [-0.15, -0.1) is 0 Å². The van der Waals surface area contributed by atoms with E-state index in [1.54, 1.807) is 7.11 Å². The van der Waals surface area contributed by atoms with Crippen LogP contribution in [0.3, 0.4) is 0 Å². The molecule has 6 heteroatoms. The molecule has 0 bridgehead atoms. The monoisotopic (exact) mass is 218 g/mol. The van der Waals surface area contributed by atoms with E-state index in [9.17, 15) is 0 Å². The highest BCUT2D eigenvalue weighted by molar-refractivity contribution is 7.13. The number of piperidine rings is 1. The van der Waals surface area contributed by atoms with E-state index in [-0.39, 0.29) is 30.8 Å². The second kappa shape index (κ2) is 5.43. The number of ether oxygens (including phenoxy) is 1. The zero-order valence-electron chi connectivity index (χ0n) is 9.55. The van der Waals surface area contributed by atoms with Crippen molar-refractivity contribution in [2.75, 3.05) is 20.3 Å². The first-order valence-corrected chi connectivity index (χ1v) is 5.15. The molecular formula is C8H17BNO3P. The van der Waals surface area contributed by atoms with Gasteiger partial charge in [0.05, 0.1) is 24.9 Å². The van der Waals surface area contributed by atoms with Gasteiger partial charge in [0.15, 0.2) is 0 Å². The molecule has 1 fully saturated rings. The quantitative estimate of drug-likeness (QED) is 0.513. The van der Waals surface area contributed by atoms with Gasteiger partial charge in [0.1, 0.15) is 0 Å². The Morgan fingerprint density at radius 2 is 2.43 bits per heavy atom. The van der Waals surface area contributed by atoms with Gasteiger partial charge in [-0.05, 0) is 5.92 Å². The summed E-state index contributed by atoms with van der Waals surface area (Å²) in [6.07, 6.45) is -0.339. The Hall–Kier alpha value is 0.335. The number of aliphatic hydroxyl groups is 1. The lowest BCUT2D eigenvalue weighted by Crippen LogP contribution is -2.57. The van der Waals surface area contributed by atoms with Crippen LogP contribution in [0.1, 0.15) is 6.92 Å². The minimum absolute atomic E-state index is 0.0257. The molecule has 0 aliphatic carbocycles. The third-order valence-electron chi connectivity index (χ3n) is 2.79. The summed E-state index contributed by atoms with van der Waals surface area (Å²) in [5, 5.41) is 4.43. The van der Waals surface area contributed by atoms with Crippen LogP contribution >= 0.6 is 9.39 Å². The van der Waals surface area contributed by atoms with Crippen molar-refractivity contribution in [3.63, 3.8) is 0 Å². The average molecular weight is 218 g/mol. The zero-order valence-corrected chi connectivity index (χ0v) is 9.70. The van der Waals surface area contributed by atoms with Crippen LogP contribution in [0.2, 0.25) is 0 Å². The van der Waals surface area contributed by atoms with Crippen LogP contribution in [0.4, 0.5) is 0 Å². The molecule has 1 heterocycles. The van der Waals surface area contributed by atoms with E-state index in [1.807, 2.05) is 4.67 Å². The fourth-order valence-corrected chi connectivity index (χ4v) is 2.58. The van der Waals surface area contributed by atoms with Crippen LogP contribution in [0, 0.1) is 5.92 Å². The first-order chi connectivity index (χ1) is 7.15. The van der Waals surface area contributed by atoms with Crippen LogP contribution in [-0.4, -0.2) is 57.8 Å². The van der Waals surface area contributed by atoms with Gasteiger partial charge in [-0.1, -0.05) is 16.3 Å². The van der Waals surface area contributed by atoms with Crippen molar-refractivity contribution in [2.24, 2.45) is 5.92 Å². The first-order valence-electron chi connectivity index (χ1n) is 5.04. The SMILES string of the molecule is [2H]OC[C@@H]1[C@@H](OC)[C@H](O[B])[C@@H](C)CN1P. The Labute approximate surface area is 90.1 Å². The molecule has 0 saturated carbocycles. The standard InChI is InChI=1S/C8H17BNO3P/c1-5-3-10(14)6(4-11)8(12-2)7(5)13-9/h5-8,11H,3-4,14H2,1-2H3/t5-,6+,7+,8+/m0/s1/i11D. The smallest absolute Gasteiger partial charge is 0.283 e. The highest BCUT2D eigenvalue weighted by atomic mass is 31.0. The first kappa shape index (κ1) is 10.8. The molecule has 80 valence electrons. The summed E-state index contributed by atoms with van der Waals surface area (Å²) in [6.45, 7) is 3.15. The van der Waals surface area contributed by atoms with Gasteiger partial charge < -0.3 is 14.5 Å². The molecular weight excluding hydrogens is 200 g/mol. The van der Waals surface area contributed by atoms with E-state index < -0.39 is 0 Å². The van der Waals surface area contributed by atoms with Crippen molar-refractivity contribution in [1.82, 2.24) is 4.67 Å². The Balaban J connectivity index is 2.75. The Bertz CT molecular complexity index is 203.